The molecule has 0 spiro atoms. The van der Waals surface area contributed by atoms with Gasteiger partial charge in [-0.05, 0) is 42.9 Å². The van der Waals surface area contributed by atoms with E-state index < -0.39 is 0 Å². The van der Waals surface area contributed by atoms with Gasteiger partial charge >= 0.3 is 0 Å². The van der Waals surface area contributed by atoms with E-state index in [1.54, 1.807) is 0 Å². The zero-order chi connectivity index (χ0) is 13.8. The summed E-state index contributed by atoms with van der Waals surface area (Å²) in [6.45, 7) is 12.4. The maximum atomic E-state index is 6.22. The number of rotatable bonds is 5. The molecule has 2 N–H and O–H groups in total. The molecule has 0 aromatic carbocycles. The minimum absolute atomic E-state index is 0.248. The summed E-state index contributed by atoms with van der Waals surface area (Å²) in [7, 11) is 0. The van der Waals surface area contributed by atoms with Crippen molar-refractivity contribution < 1.29 is 4.74 Å². The van der Waals surface area contributed by atoms with Gasteiger partial charge in [-0.1, -0.05) is 41.0 Å². The molecule has 108 valence electrons. The van der Waals surface area contributed by atoms with Crippen LogP contribution in [-0.2, 0) is 4.74 Å². The van der Waals surface area contributed by atoms with E-state index in [9.17, 15) is 0 Å². The molecule has 4 atom stereocenters. The van der Waals surface area contributed by atoms with E-state index in [-0.39, 0.29) is 12.1 Å². The number of ether oxygens (including phenoxy) is 1. The minimum Gasteiger partial charge on any atom is -0.376 e. The van der Waals surface area contributed by atoms with Crippen molar-refractivity contribution in [3.05, 3.63) is 0 Å². The summed E-state index contributed by atoms with van der Waals surface area (Å²) in [5, 5.41) is 0. The monoisotopic (exact) mass is 255 g/mol. The Morgan fingerprint density at radius 1 is 1.28 bits per heavy atom. The fourth-order valence-electron chi connectivity index (χ4n) is 2.99. The number of hydrogen-bond acceptors (Lipinski definition) is 2. The van der Waals surface area contributed by atoms with Crippen molar-refractivity contribution in [1.82, 2.24) is 0 Å². The lowest BCUT2D eigenvalue weighted by atomic mass is 9.70. The minimum atomic E-state index is 0.248. The molecule has 1 fully saturated rings. The number of nitrogens with two attached hydrogens (primary N) is 1. The summed E-state index contributed by atoms with van der Waals surface area (Å²) in [6.07, 6.45) is 6.30. The highest BCUT2D eigenvalue weighted by molar-refractivity contribution is 4.88. The van der Waals surface area contributed by atoms with Crippen LogP contribution in [-0.4, -0.2) is 18.8 Å². The molecular formula is C16H33NO. The lowest BCUT2D eigenvalue weighted by Gasteiger charge is -2.40. The zero-order valence-electron chi connectivity index (χ0n) is 13.0. The molecule has 1 saturated carbocycles. The van der Waals surface area contributed by atoms with Gasteiger partial charge in [-0.25, -0.2) is 0 Å². The lowest BCUT2D eigenvalue weighted by Crippen LogP contribution is -2.45. The number of hydrogen-bond donors (Lipinski definition) is 1. The highest BCUT2D eigenvalue weighted by Crippen LogP contribution is 2.38. The molecule has 4 unspecified atom stereocenters. The smallest absolute Gasteiger partial charge is 0.0728 e. The van der Waals surface area contributed by atoms with E-state index in [1.165, 1.54) is 19.3 Å². The van der Waals surface area contributed by atoms with Crippen LogP contribution in [0, 0.1) is 17.3 Å². The Hall–Kier alpha value is -0.0800. The molecule has 0 bridgehead atoms. The second-order valence-corrected chi connectivity index (χ2v) is 7.31. The zero-order valence-corrected chi connectivity index (χ0v) is 13.0. The van der Waals surface area contributed by atoms with Crippen LogP contribution in [0.4, 0.5) is 0 Å². The van der Waals surface area contributed by atoms with Gasteiger partial charge in [0.05, 0.1) is 6.10 Å². The Bertz CT molecular complexity index is 234. The Kier molecular flexibility index (Phi) is 6.13. The highest BCUT2D eigenvalue weighted by Gasteiger charge is 2.34. The average Bonchev–Trinajstić information content (AvgIpc) is 2.26. The lowest BCUT2D eigenvalue weighted by molar-refractivity contribution is -0.0315. The summed E-state index contributed by atoms with van der Waals surface area (Å²) in [4.78, 5) is 0. The van der Waals surface area contributed by atoms with Gasteiger partial charge in [0.1, 0.15) is 0 Å². The van der Waals surface area contributed by atoms with Crippen molar-refractivity contribution in [3.63, 3.8) is 0 Å². The Labute approximate surface area is 114 Å². The van der Waals surface area contributed by atoms with Crippen molar-refractivity contribution in [2.24, 2.45) is 23.0 Å². The molecule has 2 nitrogen and oxygen atoms in total. The molecule has 1 aliphatic carbocycles. The van der Waals surface area contributed by atoms with E-state index >= 15 is 0 Å². The molecule has 0 aromatic rings. The van der Waals surface area contributed by atoms with Crippen molar-refractivity contribution in [2.75, 3.05) is 6.61 Å². The van der Waals surface area contributed by atoms with Gasteiger partial charge in [0.25, 0.3) is 0 Å². The van der Waals surface area contributed by atoms with Crippen LogP contribution < -0.4 is 5.73 Å². The van der Waals surface area contributed by atoms with Crippen molar-refractivity contribution in [3.8, 4) is 0 Å². The van der Waals surface area contributed by atoms with Gasteiger partial charge in [-0.2, -0.15) is 0 Å². The Morgan fingerprint density at radius 2 is 1.94 bits per heavy atom. The molecule has 0 aliphatic heterocycles. The van der Waals surface area contributed by atoms with E-state index in [0.29, 0.717) is 11.3 Å². The highest BCUT2D eigenvalue weighted by atomic mass is 16.5. The van der Waals surface area contributed by atoms with Crippen LogP contribution in [0.2, 0.25) is 0 Å². The first-order valence-electron chi connectivity index (χ1n) is 7.71. The molecule has 18 heavy (non-hydrogen) atoms. The third-order valence-corrected chi connectivity index (χ3v) is 4.44. The van der Waals surface area contributed by atoms with Gasteiger partial charge in [-0.15, -0.1) is 0 Å². The summed E-state index contributed by atoms with van der Waals surface area (Å²) in [6, 6.07) is 0.248. The maximum Gasteiger partial charge on any atom is 0.0728 e. The first-order valence-corrected chi connectivity index (χ1v) is 7.71. The second-order valence-electron chi connectivity index (χ2n) is 7.31. The van der Waals surface area contributed by atoms with Crippen LogP contribution in [0.3, 0.4) is 0 Å². The van der Waals surface area contributed by atoms with Gasteiger partial charge < -0.3 is 10.5 Å². The van der Waals surface area contributed by atoms with E-state index in [1.807, 2.05) is 0 Å². The van der Waals surface area contributed by atoms with Crippen LogP contribution in [0.1, 0.15) is 66.7 Å². The molecule has 0 heterocycles. The maximum absolute atomic E-state index is 6.22. The summed E-state index contributed by atoms with van der Waals surface area (Å²) >= 11 is 0. The molecule has 0 radical (unpaired) electrons. The predicted molar refractivity (Wildman–Crippen MR) is 78.6 cm³/mol. The average molecular weight is 255 g/mol. The summed E-state index contributed by atoms with van der Waals surface area (Å²) in [5.74, 6) is 1.42. The third kappa shape index (κ3) is 4.89. The topological polar surface area (TPSA) is 35.2 Å². The molecule has 2 heteroatoms. The molecule has 1 aliphatic rings. The Balaban J connectivity index is 2.42. The van der Waals surface area contributed by atoms with Crippen LogP contribution >= 0.6 is 0 Å². The van der Waals surface area contributed by atoms with Gasteiger partial charge in [0.15, 0.2) is 0 Å². The standard InChI is InChI=1S/C16H33NO/c1-6-7-12(2)11-18-15-10-13(16(3,4)5)8-9-14(15)17/h12-15H,6-11,17H2,1-5H3. The van der Waals surface area contributed by atoms with E-state index in [0.717, 1.165) is 25.4 Å². The molecule has 1 rings (SSSR count). The Morgan fingerprint density at radius 3 is 2.50 bits per heavy atom. The van der Waals surface area contributed by atoms with Gasteiger partial charge in [0.2, 0.25) is 0 Å². The van der Waals surface area contributed by atoms with Crippen molar-refractivity contribution in [2.45, 2.75) is 78.9 Å². The fourth-order valence-corrected chi connectivity index (χ4v) is 2.99. The summed E-state index contributed by atoms with van der Waals surface area (Å²) in [5.41, 5.74) is 6.61. The second kappa shape index (κ2) is 6.91. The van der Waals surface area contributed by atoms with E-state index in [4.69, 9.17) is 10.5 Å². The molecular weight excluding hydrogens is 222 g/mol. The molecule has 0 aromatic heterocycles. The first kappa shape index (κ1) is 16.0. The van der Waals surface area contributed by atoms with Crippen LogP contribution in [0.5, 0.6) is 0 Å². The van der Waals surface area contributed by atoms with Crippen molar-refractivity contribution in [1.29, 1.82) is 0 Å². The quantitative estimate of drug-likeness (QED) is 0.806. The summed E-state index contributed by atoms with van der Waals surface area (Å²) < 4.78 is 6.11. The molecule has 0 saturated heterocycles. The van der Waals surface area contributed by atoms with Gasteiger partial charge in [0, 0.05) is 12.6 Å². The largest absolute Gasteiger partial charge is 0.376 e. The van der Waals surface area contributed by atoms with Gasteiger partial charge in [-0.3, -0.25) is 0 Å². The van der Waals surface area contributed by atoms with Crippen LogP contribution in [0.15, 0.2) is 0 Å². The predicted octanol–water partition coefficient (Wildman–Crippen LogP) is 3.98. The van der Waals surface area contributed by atoms with E-state index in [2.05, 4.69) is 34.6 Å². The van der Waals surface area contributed by atoms with Crippen LogP contribution in [0.25, 0.3) is 0 Å². The fraction of sp³-hybridized carbons (Fsp3) is 1.00. The normalized spacial score (nSPS) is 31.3. The first-order chi connectivity index (χ1) is 8.34. The van der Waals surface area contributed by atoms with Crippen molar-refractivity contribution >= 4 is 0 Å². The SMILES string of the molecule is CCCC(C)COC1CC(C(C)(C)C)CCC1N. The third-order valence-electron chi connectivity index (χ3n) is 4.44. The molecule has 0 amide bonds.